The Morgan fingerprint density at radius 3 is 2.45 bits per heavy atom. The monoisotopic (exact) mass is 318 g/mol. The summed E-state index contributed by atoms with van der Waals surface area (Å²) in [5, 5.41) is 0. The van der Waals surface area contributed by atoms with Crippen LogP contribution in [-0.2, 0) is 23.1 Å². The first-order valence-electron chi connectivity index (χ1n) is 6.34. The van der Waals surface area contributed by atoms with Crippen molar-refractivity contribution in [2.24, 2.45) is 0 Å². The standard InChI is InChI=1S/C12H23O6P.Na.H/c1-5-7-8-9-16-19(14,15)18-11(6-2)17-12(13)10(3)4;;/h11H,3,5-9H2,1-2,4H3,(H,14,15);;/q;+1;-1. The van der Waals surface area contributed by atoms with E-state index in [0.29, 0.717) is 6.42 Å². The molecular formula is C12H24NaO6P. The zero-order chi connectivity index (χ0) is 14.9. The van der Waals surface area contributed by atoms with Gasteiger partial charge in [0, 0.05) is 12.0 Å². The molecule has 8 heteroatoms. The zero-order valence-corrected chi connectivity index (χ0v) is 15.7. The molecular weight excluding hydrogens is 294 g/mol. The fraction of sp³-hybridized carbons (Fsp3) is 0.750. The molecule has 0 bridgehead atoms. The Morgan fingerprint density at radius 1 is 1.40 bits per heavy atom. The molecule has 0 amide bonds. The minimum absolute atomic E-state index is 0. The normalized spacial score (nSPS) is 14.8. The molecule has 6 nitrogen and oxygen atoms in total. The van der Waals surface area contributed by atoms with Gasteiger partial charge in [-0.25, -0.2) is 13.9 Å². The van der Waals surface area contributed by atoms with E-state index < -0.39 is 20.1 Å². The van der Waals surface area contributed by atoms with Gasteiger partial charge in [0.25, 0.3) is 0 Å². The first-order valence-corrected chi connectivity index (χ1v) is 7.84. The van der Waals surface area contributed by atoms with Crippen LogP contribution in [0.25, 0.3) is 0 Å². The van der Waals surface area contributed by atoms with E-state index in [1.807, 2.05) is 6.92 Å². The van der Waals surface area contributed by atoms with Crippen LogP contribution in [0.5, 0.6) is 0 Å². The number of hydrogen-bond donors (Lipinski definition) is 1. The molecule has 114 valence electrons. The minimum Gasteiger partial charge on any atom is -1.00 e. The molecule has 2 unspecified atom stereocenters. The molecule has 0 saturated heterocycles. The van der Waals surface area contributed by atoms with Crippen LogP contribution in [0, 0.1) is 0 Å². The molecule has 0 heterocycles. The van der Waals surface area contributed by atoms with Gasteiger partial charge >= 0.3 is 43.3 Å². The number of unbranched alkanes of at least 4 members (excludes halogenated alkanes) is 2. The second-order valence-corrected chi connectivity index (χ2v) is 5.54. The van der Waals surface area contributed by atoms with Crippen molar-refractivity contribution in [2.45, 2.75) is 52.7 Å². The quantitative estimate of drug-likeness (QED) is 0.156. The molecule has 0 aliphatic carbocycles. The Kier molecular flexibility index (Phi) is 13.5. The van der Waals surface area contributed by atoms with Crippen LogP contribution in [0.15, 0.2) is 12.2 Å². The van der Waals surface area contributed by atoms with Gasteiger partial charge in [0.15, 0.2) is 0 Å². The van der Waals surface area contributed by atoms with Gasteiger partial charge in [-0.1, -0.05) is 33.3 Å². The predicted octanol–water partition coefficient (Wildman–Crippen LogP) is 0.282. The minimum atomic E-state index is -4.20. The van der Waals surface area contributed by atoms with Gasteiger partial charge in [0.05, 0.1) is 6.61 Å². The summed E-state index contributed by atoms with van der Waals surface area (Å²) in [5.41, 5.74) is 0.193. The smallest absolute Gasteiger partial charge is 1.00 e. The van der Waals surface area contributed by atoms with Crippen molar-refractivity contribution in [3.05, 3.63) is 12.2 Å². The molecule has 0 aliphatic heterocycles. The summed E-state index contributed by atoms with van der Waals surface area (Å²) in [7, 11) is -4.20. The molecule has 2 atom stereocenters. The SMILES string of the molecule is C=C(C)C(=O)OC(CC)OP(=O)(O)OCCCCC.[H-].[Na+]. The maximum absolute atomic E-state index is 11.6. The number of hydrogen-bond acceptors (Lipinski definition) is 5. The van der Waals surface area contributed by atoms with Crippen molar-refractivity contribution >= 4 is 13.8 Å². The van der Waals surface area contributed by atoms with Crippen LogP contribution in [0.2, 0.25) is 0 Å². The van der Waals surface area contributed by atoms with Gasteiger partial charge in [-0.15, -0.1) is 0 Å². The molecule has 0 aromatic carbocycles. The number of rotatable bonds is 10. The zero-order valence-electron chi connectivity index (χ0n) is 13.8. The van der Waals surface area contributed by atoms with Crippen molar-refractivity contribution < 1.29 is 59.0 Å². The van der Waals surface area contributed by atoms with Gasteiger partial charge < -0.3 is 11.1 Å². The topological polar surface area (TPSA) is 82.1 Å². The molecule has 0 spiro atoms. The van der Waals surface area contributed by atoms with Crippen LogP contribution < -0.4 is 29.6 Å². The molecule has 1 N–H and O–H groups in total. The number of carbonyl (C=O) groups is 1. The molecule has 0 fully saturated rings. The van der Waals surface area contributed by atoms with Gasteiger partial charge in [-0.2, -0.15) is 0 Å². The molecule has 0 aromatic rings. The van der Waals surface area contributed by atoms with E-state index in [9.17, 15) is 14.3 Å². The number of carbonyl (C=O) groups excluding carboxylic acids is 1. The van der Waals surface area contributed by atoms with Crippen LogP contribution in [0.3, 0.4) is 0 Å². The molecule has 0 saturated carbocycles. The largest absolute Gasteiger partial charge is 1.00 e. The van der Waals surface area contributed by atoms with E-state index in [2.05, 4.69) is 6.58 Å². The first kappa shape index (κ1) is 22.6. The van der Waals surface area contributed by atoms with E-state index in [0.717, 1.165) is 12.8 Å². The summed E-state index contributed by atoms with van der Waals surface area (Å²) < 4.78 is 26.0. The van der Waals surface area contributed by atoms with Crippen molar-refractivity contribution in [2.75, 3.05) is 6.61 Å². The first-order chi connectivity index (χ1) is 8.82. The van der Waals surface area contributed by atoms with Crippen molar-refractivity contribution in [1.29, 1.82) is 0 Å². The maximum Gasteiger partial charge on any atom is 1.00 e. The Morgan fingerprint density at radius 2 is 2.00 bits per heavy atom. The summed E-state index contributed by atoms with van der Waals surface area (Å²) in [4.78, 5) is 20.7. The van der Waals surface area contributed by atoms with Gasteiger partial charge in [-0.3, -0.25) is 4.52 Å². The summed E-state index contributed by atoms with van der Waals surface area (Å²) in [6.45, 7) is 8.70. The van der Waals surface area contributed by atoms with Crippen molar-refractivity contribution in [1.82, 2.24) is 0 Å². The summed E-state index contributed by atoms with van der Waals surface area (Å²) in [6.07, 6.45) is 1.68. The summed E-state index contributed by atoms with van der Waals surface area (Å²) in [6, 6.07) is 0. The van der Waals surface area contributed by atoms with Crippen LogP contribution >= 0.6 is 7.82 Å². The van der Waals surface area contributed by atoms with Gasteiger partial charge in [-0.05, 0) is 13.3 Å². The Hall–Kier alpha value is 0.320. The molecule has 20 heavy (non-hydrogen) atoms. The predicted molar refractivity (Wildman–Crippen MR) is 72.5 cm³/mol. The third-order valence-electron chi connectivity index (χ3n) is 2.17. The molecule has 0 radical (unpaired) electrons. The van der Waals surface area contributed by atoms with Crippen LogP contribution in [0.4, 0.5) is 0 Å². The fourth-order valence-electron chi connectivity index (χ4n) is 1.11. The third-order valence-corrected chi connectivity index (χ3v) is 3.18. The summed E-state index contributed by atoms with van der Waals surface area (Å²) >= 11 is 0. The van der Waals surface area contributed by atoms with E-state index >= 15 is 0 Å². The average molecular weight is 318 g/mol. The second kappa shape index (κ2) is 11.9. The van der Waals surface area contributed by atoms with E-state index in [1.54, 1.807) is 6.92 Å². The fourth-order valence-corrected chi connectivity index (χ4v) is 2.02. The van der Waals surface area contributed by atoms with E-state index in [4.69, 9.17) is 13.8 Å². The second-order valence-electron chi connectivity index (χ2n) is 4.14. The van der Waals surface area contributed by atoms with Crippen LogP contribution in [0.1, 0.15) is 47.9 Å². The van der Waals surface area contributed by atoms with Crippen LogP contribution in [-0.4, -0.2) is 23.8 Å². The van der Waals surface area contributed by atoms with Crippen molar-refractivity contribution in [3.63, 3.8) is 0 Å². The number of phosphoric ester groups is 1. The van der Waals surface area contributed by atoms with Crippen molar-refractivity contribution in [3.8, 4) is 0 Å². The molecule has 0 aliphatic rings. The Bertz CT molecular complexity index is 353. The maximum atomic E-state index is 11.6. The Labute approximate surface area is 144 Å². The van der Waals surface area contributed by atoms with Gasteiger partial charge in [0.1, 0.15) is 0 Å². The summed E-state index contributed by atoms with van der Waals surface area (Å²) in [5.74, 6) is -0.669. The number of esters is 1. The van der Waals surface area contributed by atoms with E-state index in [1.165, 1.54) is 6.92 Å². The Balaban J connectivity index is -0.00000162. The number of phosphoric acid groups is 1. The third kappa shape index (κ3) is 11.0. The van der Waals surface area contributed by atoms with Gasteiger partial charge in [0.2, 0.25) is 6.29 Å². The molecule has 0 rings (SSSR count). The molecule has 0 aromatic heterocycles. The number of ether oxygens (including phenoxy) is 1. The van der Waals surface area contributed by atoms with E-state index in [-0.39, 0.29) is 49.6 Å². The average Bonchev–Trinajstić information content (AvgIpc) is 2.33.